The van der Waals surface area contributed by atoms with Gasteiger partial charge in [0, 0.05) is 11.1 Å². The van der Waals surface area contributed by atoms with Crippen LogP contribution in [0.25, 0.3) is 10.4 Å². The van der Waals surface area contributed by atoms with Gasteiger partial charge in [0.1, 0.15) is 16.4 Å². The number of anilines is 1. The minimum atomic E-state index is -0.216. The summed E-state index contributed by atoms with van der Waals surface area (Å²) in [5.74, 6) is 0.887. The van der Waals surface area contributed by atoms with Crippen molar-refractivity contribution in [1.82, 2.24) is 4.98 Å². The molecule has 5 heteroatoms. The van der Waals surface area contributed by atoms with Gasteiger partial charge in [0.15, 0.2) is 0 Å². The maximum atomic E-state index is 12.5. The number of amides is 1. The zero-order chi connectivity index (χ0) is 16.2. The Hall–Kier alpha value is -2.66. The molecule has 0 atom stereocenters. The lowest BCUT2D eigenvalue weighted by Crippen LogP contribution is -2.12. The number of nitrogens with zero attached hydrogens (tertiary/aromatic N) is 1. The van der Waals surface area contributed by atoms with E-state index in [9.17, 15) is 4.79 Å². The van der Waals surface area contributed by atoms with Crippen LogP contribution in [0.1, 0.15) is 15.2 Å². The highest BCUT2D eigenvalue weighted by Crippen LogP contribution is 2.36. The van der Waals surface area contributed by atoms with Gasteiger partial charge in [-0.2, -0.15) is 0 Å². The highest BCUT2D eigenvalue weighted by molar-refractivity contribution is 7.17. The van der Waals surface area contributed by atoms with Crippen LogP contribution in [0.2, 0.25) is 0 Å². The molecule has 0 spiro atoms. The molecule has 0 radical (unpaired) electrons. The van der Waals surface area contributed by atoms with Gasteiger partial charge in [-0.3, -0.25) is 4.79 Å². The predicted molar refractivity (Wildman–Crippen MR) is 93.2 cm³/mol. The summed E-state index contributed by atoms with van der Waals surface area (Å²) in [7, 11) is 1.57. The maximum Gasteiger partial charge on any atom is 0.270 e. The van der Waals surface area contributed by atoms with E-state index in [-0.39, 0.29) is 5.91 Å². The number of thiophene rings is 1. The molecule has 116 valence electrons. The average molecular weight is 324 g/mol. The van der Waals surface area contributed by atoms with Gasteiger partial charge in [0.25, 0.3) is 5.91 Å². The zero-order valence-corrected chi connectivity index (χ0v) is 13.7. The first-order valence-electron chi connectivity index (χ1n) is 7.14. The van der Waals surface area contributed by atoms with E-state index in [1.54, 1.807) is 13.3 Å². The van der Waals surface area contributed by atoms with Crippen LogP contribution in [-0.4, -0.2) is 18.0 Å². The highest BCUT2D eigenvalue weighted by Gasteiger charge is 2.18. The Balaban J connectivity index is 1.90. The number of benzene rings is 1. The summed E-state index contributed by atoms with van der Waals surface area (Å²) in [6.07, 6.45) is 1.67. The third kappa shape index (κ3) is 3.40. The van der Waals surface area contributed by atoms with Crippen molar-refractivity contribution in [3.63, 3.8) is 0 Å². The van der Waals surface area contributed by atoms with Crippen LogP contribution in [0.4, 0.5) is 5.82 Å². The Kier molecular flexibility index (Phi) is 4.39. The Morgan fingerprint density at radius 3 is 2.65 bits per heavy atom. The van der Waals surface area contributed by atoms with E-state index >= 15 is 0 Å². The van der Waals surface area contributed by atoms with Crippen LogP contribution >= 0.6 is 11.3 Å². The van der Waals surface area contributed by atoms with Gasteiger partial charge < -0.3 is 10.1 Å². The lowest BCUT2D eigenvalue weighted by atomic mass is 10.2. The van der Waals surface area contributed by atoms with Crippen molar-refractivity contribution in [2.75, 3.05) is 12.4 Å². The molecule has 4 nitrogen and oxygen atoms in total. The number of rotatable bonds is 4. The summed E-state index contributed by atoms with van der Waals surface area (Å²) in [4.78, 5) is 18.2. The lowest BCUT2D eigenvalue weighted by Gasteiger charge is -2.05. The molecule has 0 aliphatic rings. The topological polar surface area (TPSA) is 51.2 Å². The number of carbonyl (C=O) groups is 1. The van der Waals surface area contributed by atoms with Gasteiger partial charge in [-0.1, -0.05) is 30.3 Å². The van der Waals surface area contributed by atoms with Crippen molar-refractivity contribution in [3.8, 4) is 16.2 Å². The maximum absolute atomic E-state index is 12.5. The van der Waals surface area contributed by atoms with E-state index in [1.165, 1.54) is 11.3 Å². The quantitative estimate of drug-likeness (QED) is 0.775. The third-order valence-electron chi connectivity index (χ3n) is 3.34. The molecule has 3 aromatic rings. The number of hydrogen-bond acceptors (Lipinski definition) is 4. The molecule has 0 saturated carbocycles. The Morgan fingerprint density at radius 2 is 1.96 bits per heavy atom. The van der Waals surface area contributed by atoms with Crippen LogP contribution in [0.15, 0.2) is 54.7 Å². The van der Waals surface area contributed by atoms with Crippen LogP contribution in [-0.2, 0) is 0 Å². The van der Waals surface area contributed by atoms with Crippen LogP contribution < -0.4 is 10.1 Å². The van der Waals surface area contributed by atoms with Crippen molar-refractivity contribution in [2.24, 2.45) is 0 Å². The predicted octanol–water partition coefficient (Wildman–Crippen LogP) is 4.38. The molecule has 23 heavy (non-hydrogen) atoms. The summed E-state index contributed by atoms with van der Waals surface area (Å²) in [5.41, 5.74) is 2.10. The number of aromatic nitrogens is 1. The summed E-state index contributed by atoms with van der Waals surface area (Å²) in [5, 5.41) is 2.82. The molecule has 0 bridgehead atoms. The highest BCUT2D eigenvalue weighted by atomic mass is 32.1. The molecule has 1 aromatic carbocycles. The molecule has 0 saturated heterocycles. The third-order valence-corrected chi connectivity index (χ3v) is 4.50. The minimum Gasteiger partial charge on any atom is -0.495 e. The fourth-order valence-corrected chi connectivity index (χ4v) is 3.23. The molecule has 0 fully saturated rings. The average Bonchev–Trinajstić information content (AvgIpc) is 3.00. The van der Waals surface area contributed by atoms with E-state index in [2.05, 4.69) is 10.3 Å². The van der Waals surface area contributed by atoms with Gasteiger partial charge in [0.2, 0.25) is 0 Å². The molecule has 2 heterocycles. The van der Waals surface area contributed by atoms with Crippen LogP contribution in [0, 0.1) is 6.92 Å². The second kappa shape index (κ2) is 6.62. The van der Waals surface area contributed by atoms with Gasteiger partial charge in [-0.25, -0.2) is 4.98 Å². The molecule has 0 unspecified atom stereocenters. The van der Waals surface area contributed by atoms with Crippen LogP contribution in [0.3, 0.4) is 0 Å². The molecule has 0 aliphatic carbocycles. The fraction of sp³-hybridized carbons (Fsp3) is 0.111. The summed E-state index contributed by atoms with van der Waals surface area (Å²) in [6.45, 7) is 1.95. The number of ether oxygens (including phenoxy) is 1. The monoisotopic (exact) mass is 324 g/mol. The Labute approximate surface area is 138 Å². The van der Waals surface area contributed by atoms with Crippen molar-refractivity contribution in [1.29, 1.82) is 0 Å². The van der Waals surface area contributed by atoms with E-state index in [0.717, 1.165) is 16.0 Å². The van der Waals surface area contributed by atoms with E-state index in [0.29, 0.717) is 16.4 Å². The first-order chi connectivity index (χ1) is 11.2. The number of hydrogen-bond donors (Lipinski definition) is 1. The largest absolute Gasteiger partial charge is 0.495 e. The summed E-state index contributed by atoms with van der Waals surface area (Å²) >= 11 is 1.40. The summed E-state index contributed by atoms with van der Waals surface area (Å²) in [6, 6.07) is 15.5. The smallest absolute Gasteiger partial charge is 0.270 e. The van der Waals surface area contributed by atoms with Crippen molar-refractivity contribution < 1.29 is 9.53 Å². The first kappa shape index (κ1) is 15.2. The van der Waals surface area contributed by atoms with Gasteiger partial charge in [0.05, 0.1) is 7.11 Å². The molecular weight excluding hydrogens is 308 g/mol. The number of nitrogens with one attached hydrogen (secondary N) is 1. The Bertz CT molecular complexity index is 828. The van der Waals surface area contributed by atoms with Gasteiger partial charge in [-0.15, -0.1) is 11.3 Å². The SMILES string of the molecule is COc1cc(-c2ccccc2)sc1C(=O)Nc1cc(C)ccn1. The molecule has 2 aromatic heterocycles. The first-order valence-corrected chi connectivity index (χ1v) is 7.96. The number of pyridine rings is 1. The molecule has 3 rings (SSSR count). The minimum absolute atomic E-state index is 0.216. The standard InChI is InChI=1S/C18H16N2O2S/c1-12-8-9-19-16(10-12)20-18(21)17-14(22-2)11-15(23-17)13-6-4-3-5-7-13/h3-11H,1-2H3,(H,19,20,21). The number of methoxy groups -OCH3 is 1. The normalized spacial score (nSPS) is 10.3. The second-order valence-corrected chi connectivity index (χ2v) is 6.10. The zero-order valence-electron chi connectivity index (χ0n) is 12.9. The molecule has 0 aliphatic heterocycles. The molecule has 1 N–H and O–H groups in total. The Morgan fingerprint density at radius 1 is 1.17 bits per heavy atom. The van der Waals surface area contributed by atoms with Crippen molar-refractivity contribution >= 4 is 23.1 Å². The number of carbonyl (C=O) groups excluding carboxylic acids is 1. The molecule has 1 amide bonds. The lowest BCUT2D eigenvalue weighted by molar-refractivity contribution is 0.102. The van der Waals surface area contributed by atoms with E-state index in [1.807, 2.05) is 55.5 Å². The second-order valence-electron chi connectivity index (χ2n) is 5.05. The van der Waals surface area contributed by atoms with Crippen molar-refractivity contribution in [2.45, 2.75) is 6.92 Å². The summed E-state index contributed by atoms with van der Waals surface area (Å²) < 4.78 is 5.36. The number of aryl methyl sites for hydroxylation is 1. The fourth-order valence-electron chi connectivity index (χ4n) is 2.21. The van der Waals surface area contributed by atoms with E-state index in [4.69, 9.17) is 4.74 Å². The van der Waals surface area contributed by atoms with Crippen molar-refractivity contribution in [3.05, 3.63) is 65.2 Å². The van der Waals surface area contributed by atoms with Gasteiger partial charge >= 0.3 is 0 Å². The van der Waals surface area contributed by atoms with Gasteiger partial charge in [-0.05, 0) is 36.2 Å². The molecular formula is C18H16N2O2S. The van der Waals surface area contributed by atoms with E-state index < -0.39 is 0 Å². The van der Waals surface area contributed by atoms with Crippen LogP contribution in [0.5, 0.6) is 5.75 Å².